The molecule has 0 atom stereocenters. The van der Waals surface area contributed by atoms with Crippen molar-refractivity contribution in [3.63, 3.8) is 0 Å². The third-order valence-electron chi connectivity index (χ3n) is 3.02. The van der Waals surface area contributed by atoms with Crippen LogP contribution in [-0.4, -0.2) is 36.3 Å². The van der Waals surface area contributed by atoms with E-state index in [9.17, 15) is 22.8 Å². The molecule has 0 unspecified atom stereocenters. The molecule has 0 aliphatic carbocycles. The van der Waals surface area contributed by atoms with E-state index in [4.69, 9.17) is 5.73 Å². The molecule has 3 amide bonds. The molecule has 1 aromatic rings. The van der Waals surface area contributed by atoms with Crippen molar-refractivity contribution in [2.24, 2.45) is 11.1 Å². The maximum Gasteiger partial charge on any atom is 0.422 e. The van der Waals surface area contributed by atoms with Crippen LogP contribution in [0.5, 0.6) is 5.88 Å². The highest BCUT2D eigenvalue weighted by Gasteiger charge is 2.29. The lowest BCUT2D eigenvalue weighted by Gasteiger charge is -2.21. The van der Waals surface area contributed by atoms with Gasteiger partial charge in [0.25, 0.3) is 0 Å². The number of nitrogens with zero attached hydrogens (tertiary/aromatic N) is 1. The zero-order chi connectivity index (χ0) is 18.4. The maximum absolute atomic E-state index is 12.2. The number of urea groups is 1. The second-order valence-corrected chi connectivity index (χ2v) is 5.66. The quantitative estimate of drug-likeness (QED) is 0.691. The van der Waals surface area contributed by atoms with Crippen LogP contribution in [0.3, 0.4) is 0 Å². The fourth-order valence-corrected chi connectivity index (χ4v) is 1.47. The molecule has 7 nitrogen and oxygen atoms in total. The van der Waals surface area contributed by atoms with Crippen molar-refractivity contribution in [2.75, 3.05) is 13.2 Å². The number of aromatic nitrogens is 1. The van der Waals surface area contributed by atoms with Crippen molar-refractivity contribution in [3.8, 4) is 5.88 Å². The van der Waals surface area contributed by atoms with Crippen LogP contribution in [0.4, 0.5) is 18.0 Å². The van der Waals surface area contributed by atoms with Crippen molar-refractivity contribution < 1.29 is 27.5 Å². The predicted octanol–water partition coefficient (Wildman–Crippen LogP) is 1.33. The second kappa shape index (κ2) is 7.84. The fraction of sp³-hybridized carbons (Fsp3) is 0.500. The number of rotatable bonds is 7. The van der Waals surface area contributed by atoms with E-state index in [0.29, 0.717) is 0 Å². The van der Waals surface area contributed by atoms with Gasteiger partial charge in [0.15, 0.2) is 6.61 Å². The van der Waals surface area contributed by atoms with Gasteiger partial charge >= 0.3 is 12.2 Å². The minimum Gasteiger partial charge on any atom is -0.468 e. The fourth-order valence-electron chi connectivity index (χ4n) is 1.47. The summed E-state index contributed by atoms with van der Waals surface area (Å²) in [5.74, 6) is -0.787. The van der Waals surface area contributed by atoms with Crippen LogP contribution in [0.2, 0.25) is 0 Å². The lowest BCUT2D eigenvalue weighted by molar-refractivity contribution is -0.154. The van der Waals surface area contributed by atoms with E-state index >= 15 is 0 Å². The van der Waals surface area contributed by atoms with Gasteiger partial charge in [0.1, 0.15) is 0 Å². The summed E-state index contributed by atoms with van der Waals surface area (Å²) in [4.78, 5) is 26.6. The number of carbonyl (C=O) groups excluding carboxylic acids is 2. The van der Waals surface area contributed by atoms with Gasteiger partial charge in [-0.2, -0.15) is 13.2 Å². The van der Waals surface area contributed by atoms with Crippen LogP contribution in [0.1, 0.15) is 19.4 Å². The van der Waals surface area contributed by atoms with Crippen LogP contribution in [-0.2, 0) is 11.3 Å². The van der Waals surface area contributed by atoms with Crippen LogP contribution >= 0.6 is 0 Å². The van der Waals surface area contributed by atoms with Gasteiger partial charge in [-0.3, -0.25) is 4.79 Å². The van der Waals surface area contributed by atoms with Gasteiger partial charge in [0, 0.05) is 24.8 Å². The number of nitrogens with two attached hydrogens (primary N) is 1. The van der Waals surface area contributed by atoms with Crippen molar-refractivity contribution in [1.82, 2.24) is 15.6 Å². The number of carbonyl (C=O) groups is 2. The third-order valence-corrected chi connectivity index (χ3v) is 3.02. The lowest BCUT2D eigenvalue weighted by atomic mass is 9.93. The smallest absolute Gasteiger partial charge is 0.422 e. The molecule has 1 heterocycles. The molecule has 10 heteroatoms. The first kappa shape index (κ1) is 19.5. The first-order valence-electron chi connectivity index (χ1n) is 6.96. The molecule has 1 rings (SSSR count). The Morgan fingerprint density at radius 2 is 1.96 bits per heavy atom. The average molecular weight is 348 g/mol. The Kier molecular flexibility index (Phi) is 6.38. The Hall–Kier alpha value is -2.52. The molecular formula is C14H19F3N4O3. The van der Waals surface area contributed by atoms with Gasteiger partial charge in [-0.15, -0.1) is 0 Å². The normalized spacial score (nSPS) is 11.7. The van der Waals surface area contributed by atoms with Gasteiger partial charge < -0.3 is 21.1 Å². The zero-order valence-corrected chi connectivity index (χ0v) is 13.2. The molecule has 0 aliphatic rings. The average Bonchev–Trinajstić information content (AvgIpc) is 2.48. The predicted molar refractivity (Wildman–Crippen MR) is 79.0 cm³/mol. The minimum absolute atomic E-state index is 0.0125. The Morgan fingerprint density at radius 1 is 1.29 bits per heavy atom. The molecular weight excluding hydrogens is 329 g/mol. The van der Waals surface area contributed by atoms with Crippen LogP contribution in [0.15, 0.2) is 18.3 Å². The van der Waals surface area contributed by atoms with E-state index in [0.717, 1.165) is 0 Å². The SMILES string of the molecule is CC(C)(CNC(=O)NCc1cccnc1OCC(F)(F)F)C(N)=O. The summed E-state index contributed by atoms with van der Waals surface area (Å²) in [6, 6.07) is 2.38. The van der Waals surface area contributed by atoms with Gasteiger partial charge in [0.05, 0.1) is 5.41 Å². The number of nitrogens with one attached hydrogen (secondary N) is 2. The highest BCUT2D eigenvalue weighted by Crippen LogP contribution is 2.19. The number of halogens is 3. The molecule has 1 aromatic heterocycles. The Bertz CT molecular complexity index is 591. The van der Waals surface area contributed by atoms with E-state index in [1.165, 1.54) is 18.3 Å². The van der Waals surface area contributed by atoms with E-state index in [-0.39, 0.29) is 24.5 Å². The third kappa shape index (κ3) is 6.71. The second-order valence-electron chi connectivity index (χ2n) is 5.66. The molecule has 0 aromatic carbocycles. The van der Waals surface area contributed by atoms with Crippen molar-refractivity contribution in [3.05, 3.63) is 23.9 Å². The molecule has 134 valence electrons. The van der Waals surface area contributed by atoms with E-state index in [1.54, 1.807) is 13.8 Å². The number of primary amides is 1. The highest BCUT2D eigenvalue weighted by molar-refractivity contribution is 5.81. The van der Waals surface area contributed by atoms with Crippen molar-refractivity contribution in [1.29, 1.82) is 0 Å². The molecule has 0 saturated heterocycles. The summed E-state index contributed by atoms with van der Waals surface area (Å²) >= 11 is 0. The summed E-state index contributed by atoms with van der Waals surface area (Å²) in [6.07, 6.45) is -3.20. The maximum atomic E-state index is 12.2. The van der Waals surface area contributed by atoms with E-state index < -0.39 is 30.1 Å². The van der Waals surface area contributed by atoms with E-state index in [2.05, 4.69) is 20.4 Å². The topological polar surface area (TPSA) is 106 Å². The van der Waals surface area contributed by atoms with Gasteiger partial charge in [0.2, 0.25) is 11.8 Å². The molecule has 0 radical (unpaired) electrons. The molecule has 24 heavy (non-hydrogen) atoms. The number of amides is 3. The van der Waals surface area contributed by atoms with Gasteiger partial charge in [-0.25, -0.2) is 9.78 Å². The Labute approximate surface area is 136 Å². The molecule has 0 spiro atoms. The van der Waals surface area contributed by atoms with Crippen molar-refractivity contribution >= 4 is 11.9 Å². The number of alkyl halides is 3. The number of ether oxygens (including phenoxy) is 1. The summed E-state index contributed by atoms with van der Waals surface area (Å²) in [5.41, 5.74) is 4.54. The van der Waals surface area contributed by atoms with Crippen LogP contribution < -0.4 is 21.1 Å². The van der Waals surface area contributed by atoms with Crippen LogP contribution in [0, 0.1) is 5.41 Å². The molecule has 4 N–H and O–H groups in total. The summed E-state index contributed by atoms with van der Waals surface area (Å²) in [5, 5.41) is 4.90. The Morgan fingerprint density at radius 3 is 2.54 bits per heavy atom. The minimum atomic E-state index is -4.49. The van der Waals surface area contributed by atoms with Gasteiger partial charge in [-0.1, -0.05) is 6.07 Å². The van der Waals surface area contributed by atoms with Crippen molar-refractivity contribution in [2.45, 2.75) is 26.6 Å². The largest absolute Gasteiger partial charge is 0.468 e. The lowest BCUT2D eigenvalue weighted by Crippen LogP contribution is -2.45. The highest BCUT2D eigenvalue weighted by atomic mass is 19.4. The monoisotopic (exact) mass is 348 g/mol. The standard InChI is InChI=1S/C14H19F3N4O3/c1-13(2,11(18)22)7-21-12(23)20-6-9-4-3-5-19-10(9)24-8-14(15,16)17/h3-5H,6-8H2,1-2H3,(H2,18,22)(H2,20,21,23). The molecule has 0 aliphatic heterocycles. The number of hydrogen-bond donors (Lipinski definition) is 3. The molecule has 0 fully saturated rings. The zero-order valence-electron chi connectivity index (χ0n) is 13.2. The first-order chi connectivity index (χ1) is 11.0. The number of pyridine rings is 1. The van der Waals surface area contributed by atoms with Gasteiger partial charge in [-0.05, 0) is 19.9 Å². The first-order valence-corrected chi connectivity index (χ1v) is 6.96. The number of hydrogen-bond acceptors (Lipinski definition) is 4. The summed E-state index contributed by atoms with van der Waals surface area (Å²) in [6.45, 7) is 1.58. The Balaban J connectivity index is 2.55. The molecule has 0 bridgehead atoms. The van der Waals surface area contributed by atoms with Crippen LogP contribution in [0.25, 0.3) is 0 Å². The molecule has 0 saturated carbocycles. The summed E-state index contributed by atoms with van der Waals surface area (Å²) in [7, 11) is 0. The van der Waals surface area contributed by atoms with E-state index in [1.807, 2.05) is 0 Å². The summed E-state index contributed by atoms with van der Waals surface area (Å²) < 4.78 is 41.2.